The summed E-state index contributed by atoms with van der Waals surface area (Å²) in [7, 11) is 0. The molecule has 1 atom stereocenters. The van der Waals surface area contributed by atoms with Crippen molar-refractivity contribution in [2.45, 2.75) is 26.1 Å². The number of carbonyl (C=O) groups is 2. The molecule has 12 heteroatoms. The molecule has 3 aromatic rings. The third-order valence-electron chi connectivity index (χ3n) is 4.73. The smallest absolute Gasteiger partial charge is 0.429 e. The summed E-state index contributed by atoms with van der Waals surface area (Å²) in [5.74, 6) is -3.59. The quantitative estimate of drug-likeness (QED) is 0.398. The minimum absolute atomic E-state index is 0.0104. The van der Waals surface area contributed by atoms with E-state index in [1.807, 2.05) is 0 Å². The molecule has 0 fully saturated rings. The number of amides is 3. The number of nitrogens with zero attached hydrogens (tertiary/aromatic N) is 1. The number of urea groups is 1. The van der Waals surface area contributed by atoms with Gasteiger partial charge in [-0.3, -0.25) is 10.1 Å². The number of alkyl halides is 3. The molecule has 0 saturated heterocycles. The normalized spacial score (nSPS) is 12.0. The SMILES string of the molecule is CCOc1ccc(C(Oc2ncc(NC(=O)NC(=O)c3c(F)cccc3F)cc2C)C(F)(F)F)cc1. The number of aryl methyl sites for hydroxylation is 1. The van der Waals surface area contributed by atoms with Crippen molar-refractivity contribution in [2.75, 3.05) is 11.9 Å². The van der Waals surface area contributed by atoms with Gasteiger partial charge in [-0.05, 0) is 44.2 Å². The van der Waals surface area contributed by atoms with Crippen molar-refractivity contribution in [1.82, 2.24) is 10.3 Å². The highest BCUT2D eigenvalue weighted by atomic mass is 19.4. The molecule has 1 heterocycles. The second-order valence-corrected chi connectivity index (χ2v) is 7.39. The van der Waals surface area contributed by atoms with Crippen LogP contribution in [0.2, 0.25) is 0 Å². The zero-order valence-electron chi connectivity index (χ0n) is 19.0. The molecule has 3 amide bonds. The van der Waals surface area contributed by atoms with E-state index < -0.39 is 41.4 Å². The molecule has 0 aliphatic carbocycles. The molecule has 190 valence electrons. The van der Waals surface area contributed by atoms with Crippen LogP contribution in [-0.4, -0.2) is 29.7 Å². The van der Waals surface area contributed by atoms with Gasteiger partial charge in [0, 0.05) is 11.1 Å². The Morgan fingerprint density at radius 1 is 1.06 bits per heavy atom. The Hall–Kier alpha value is -4.22. The van der Waals surface area contributed by atoms with Crippen molar-refractivity contribution in [2.24, 2.45) is 0 Å². The number of aromatic nitrogens is 1. The van der Waals surface area contributed by atoms with E-state index in [4.69, 9.17) is 9.47 Å². The minimum atomic E-state index is -4.76. The van der Waals surface area contributed by atoms with E-state index in [0.717, 1.165) is 24.4 Å². The Labute approximate surface area is 202 Å². The average molecular weight is 509 g/mol. The number of anilines is 1. The lowest BCUT2D eigenvalue weighted by atomic mass is 10.1. The van der Waals surface area contributed by atoms with Crippen molar-refractivity contribution >= 4 is 17.6 Å². The summed E-state index contributed by atoms with van der Waals surface area (Å²) in [6.45, 7) is 3.50. The largest absolute Gasteiger partial charge is 0.494 e. The molecule has 0 spiro atoms. The Balaban J connectivity index is 1.71. The Morgan fingerprint density at radius 3 is 2.25 bits per heavy atom. The van der Waals surface area contributed by atoms with E-state index in [9.17, 15) is 31.5 Å². The molecular formula is C24H20F5N3O4. The highest BCUT2D eigenvalue weighted by Crippen LogP contribution is 2.37. The summed E-state index contributed by atoms with van der Waals surface area (Å²) < 4.78 is 78.9. The maximum absolute atomic E-state index is 13.7. The zero-order chi connectivity index (χ0) is 26.5. The van der Waals surface area contributed by atoms with Crippen LogP contribution in [0.15, 0.2) is 54.7 Å². The molecule has 1 aromatic heterocycles. The number of nitrogens with one attached hydrogen (secondary N) is 2. The first-order valence-corrected chi connectivity index (χ1v) is 10.5. The minimum Gasteiger partial charge on any atom is -0.494 e. The van der Waals surface area contributed by atoms with E-state index >= 15 is 0 Å². The summed E-state index contributed by atoms with van der Waals surface area (Å²) in [6.07, 6.45) is -6.09. The lowest BCUT2D eigenvalue weighted by Crippen LogP contribution is -2.35. The first kappa shape index (κ1) is 26.4. The maximum Gasteiger partial charge on any atom is 0.429 e. The summed E-state index contributed by atoms with van der Waals surface area (Å²) in [4.78, 5) is 27.9. The summed E-state index contributed by atoms with van der Waals surface area (Å²) >= 11 is 0. The molecule has 2 N–H and O–H groups in total. The van der Waals surface area contributed by atoms with Gasteiger partial charge in [-0.2, -0.15) is 13.2 Å². The lowest BCUT2D eigenvalue weighted by Gasteiger charge is -2.23. The number of halogens is 5. The van der Waals surface area contributed by atoms with Crippen LogP contribution in [0.25, 0.3) is 0 Å². The van der Waals surface area contributed by atoms with Gasteiger partial charge in [0.05, 0.1) is 18.5 Å². The number of benzene rings is 2. The second kappa shape index (κ2) is 11.0. The fourth-order valence-electron chi connectivity index (χ4n) is 3.14. The van der Waals surface area contributed by atoms with Crippen molar-refractivity contribution in [3.05, 3.63) is 83.1 Å². The van der Waals surface area contributed by atoms with Crippen molar-refractivity contribution < 1.29 is 41.0 Å². The average Bonchev–Trinajstić information content (AvgIpc) is 2.78. The summed E-state index contributed by atoms with van der Waals surface area (Å²) in [5, 5.41) is 3.97. The van der Waals surface area contributed by atoms with Crippen LogP contribution < -0.4 is 20.1 Å². The van der Waals surface area contributed by atoms with Gasteiger partial charge in [0.1, 0.15) is 22.9 Å². The first-order chi connectivity index (χ1) is 17.0. The standard InChI is InChI=1S/C24H20F5N3O4/c1-3-35-16-9-7-14(8-10-16)20(24(27,28)29)36-22-13(2)11-15(12-30-22)31-23(34)32-21(33)19-17(25)5-4-6-18(19)26/h4-12,20H,3H2,1-2H3,(H2,31,32,33,34). The number of carbonyl (C=O) groups excluding carboxylic acids is 2. The van der Waals surface area contributed by atoms with Crippen LogP contribution in [-0.2, 0) is 0 Å². The maximum atomic E-state index is 13.7. The molecule has 0 radical (unpaired) electrons. The van der Waals surface area contributed by atoms with Crippen LogP contribution in [0.1, 0.15) is 34.5 Å². The molecule has 0 saturated carbocycles. The van der Waals surface area contributed by atoms with Gasteiger partial charge in [0.2, 0.25) is 12.0 Å². The Bertz CT molecular complexity index is 1230. The molecule has 7 nitrogen and oxygen atoms in total. The van der Waals surface area contributed by atoms with Gasteiger partial charge < -0.3 is 14.8 Å². The van der Waals surface area contributed by atoms with Gasteiger partial charge in [0.25, 0.3) is 5.91 Å². The van der Waals surface area contributed by atoms with Crippen molar-refractivity contribution in [3.63, 3.8) is 0 Å². The van der Waals surface area contributed by atoms with Crippen molar-refractivity contribution in [3.8, 4) is 11.6 Å². The fourth-order valence-corrected chi connectivity index (χ4v) is 3.14. The van der Waals surface area contributed by atoms with E-state index in [2.05, 4.69) is 10.3 Å². The topological polar surface area (TPSA) is 89.6 Å². The predicted octanol–water partition coefficient (Wildman–Crippen LogP) is 5.71. The molecule has 36 heavy (non-hydrogen) atoms. The first-order valence-electron chi connectivity index (χ1n) is 10.5. The van der Waals surface area contributed by atoms with Crippen LogP contribution in [0.5, 0.6) is 11.6 Å². The van der Waals surface area contributed by atoms with Crippen LogP contribution in [0, 0.1) is 18.6 Å². The van der Waals surface area contributed by atoms with Gasteiger partial charge in [-0.15, -0.1) is 0 Å². The molecule has 2 aromatic carbocycles. The number of imide groups is 1. The highest BCUT2D eigenvalue weighted by molar-refractivity contribution is 6.08. The molecule has 3 rings (SSSR count). The number of rotatable bonds is 7. The summed E-state index contributed by atoms with van der Waals surface area (Å²) in [6, 6.07) is 8.11. The van der Waals surface area contributed by atoms with Crippen LogP contribution in [0.3, 0.4) is 0 Å². The van der Waals surface area contributed by atoms with Gasteiger partial charge in [-0.1, -0.05) is 18.2 Å². The Morgan fingerprint density at radius 2 is 1.69 bits per heavy atom. The monoisotopic (exact) mass is 509 g/mol. The molecule has 0 aliphatic rings. The summed E-state index contributed by atoms with van der Waals surface area (Å²) in [5.41, 5.74) is -0.992. The second-order valence-electron chi connectivity index (χ2n) is 7.39. The van der Waals surface area contributed by atoms with Gasteiger partial charge in [0.15, 0.2) is 0 Å². The van der Waals surface area contributed by atoms with E-state index in [-0.39, 0.29) is 22.7 Å². The van der Waals surface area contributed by atoms with Crippen LogP contribution in [0.4, 0.5) is 32.4 Å². The number of hydrogen-bond donors (Lipinski definition) is 2. The van der Waals surface area contributed by atoms with Crippen LogP contribution >= 0.6 is 0 Å². The lowest BCUT2D eigenvalue weighted by molar-refractivity contribution is -0.198. The zero-order valence-corrected chi connectivity index (χ0v) is 19.0. The van der Waals surface area contributed by atoms with Gasteiger partial charge in [-0.25, -0.2) is 18.6 Å². The Kier molecular flexibility index (Phi) is 8.07. The van der Waals surface area contributed by atoms with Gasteiger partial charge >= 0.3 is 12.2 Å². The molecule has 0 aliphatic heterocycles. The van der Waals surface area contributed by atoms with Crippen molar-refractivity contribution in [1.29, 1.82) is 0 Å². The third kappa shape index (κ3) is 6.46. The molecular weight excluding hydrogens is 489 g/mol. The predicted molar refractivity (Wildman–Crippen MR) is 119 cm³/mol. The molecule has 0 bridgehead atoms. The van der Waals surface area contributed by atoms with E-state index in [1.54, 1.807) is 12.2 Å². The molecule has 1 unspecified atom stereocenters. The third-order valence-corrected chi connectivity index (χ3v) is 4.73. The van der Waals surface area contributed by atoms with E-state index in [1.165, 1.54) is 37.3 Å². The highest BCUT2D eigenvalue weighted by Gasteiger charge is 2.43. The van der Waals surface area contributed by atoms with E-state index in [0.29, 0.717) is 12.4 Å². The number of ether oxygens (including phenoxy) is 2. The number of pyridine rings is 1. The number of hydrogen-bond acceptors (Lipinski definition) is 5. The fraction of sp³-hybridized carbons (Fsp3) is 0.208.